The summed E-state index contributed by atoms with van der Waals surface area (Å²) in [5.41, 5.74) is 1.66. The summed E-state index contributed by atoms with van der Waals surface area (Å²) in [6, 6.07) is 16.1. The Kier molecular flexibility index (Phi) is 5.83. The molecule has 0 N–H and O–H groups in total. The first-order chi connectivity index (χ1) is 13.1. The van der Waals surface area contributed by atoms with Gasteiger partial charge < -0.3 is 9.47 Å². The van der Waals surface area contributed by atoms with Crippen LogP contribution in [0, 0.1) is 0 Å². The molecule has 0 spiro atoms. The van der Waals surface area contributed by atoms with E-state index in [1.807, 2.05) is 30.3 Å². The van der Waals surface area contributed by atoms with Crippen molar-refractivity contribution in [3.8, 4) is 5.75 Å². The number of ether oxygens (including phenoxy) is 2. The summed E-state index contributed by atoms with van der Waals surface area (Å²) in [4.78, 5) is 30.3. The largest absolute Gasteiger partial charge is 0.496 e. The van der Waals surface area contributed by atoms with Gasteiger partial charge in [0.1, 0.15) is 17.9 Å². The molecule has 0 aliphatic heterocycles. The Balaban J connectivity index is 1.72. The summed E-state index contributed by atoms with van der Waals surface area (Å²) in [5, 5.41) is 2.29. The molecule has 6 nitrogen and oxygen atoms in total. The summed E-state index contributed by atoms with van der Waals surface area (Å²) in [6.07, 6.45) is 0. The molecular formula is C20H18N2O4S. The fraction of sp³-hybridized carbons (Fsp3) is 0.150. The summed E-state index contributed by atoms with van der Waals surface area (Å²) < 4.78 is 10.5. The zero-order chi connectivity index (χ0) is 19.2. The summed E-state index contributed by atoms with van der Waals surface area (Å²) in [5.74, 6) is -0.185. The predicted octanol–water partition coefficient (Wildman–Crippen LogP) is 4.19. The fourth-order valence-electron chi connectivity index (χ4n) is 2.50. The van der Waals surface area contributed by atoms with E-state index in [0.29, 0.717) is 22.1 Å². The van der Waals surface area contributed by atoms with Crippen LogP contribution in [0.5, 0.6) is 5.75 Å². The molecule has 7 heteroatoms. The molecule has 0 fully saturated rings. The van der Waals surface area contributed by atoms with E-state index in [4.69, 9.17) is 9.47 Å². The minimum Gasteiger partial charge on any atom is -0.496 e. The second-order valence-corrected chi connectivity index (χ2v) is 6.42. The number of nitrogens with zero attached hydrogens (tertiary/aromatic N) is 2. The van der Waals surface area contributed by atoms with E-state index >= 15 is 0 Å². The lowest BCUT2D eigenvalue weighted by Gasteiger charge is -2.17. The maximum Gasteiger partial charge on any atom is 0.342 e. The highest BCUT2D eigenvalue weighted by atomic mass is 32.1. The molecule has 0 bridgehead atoms. The van der Waals surface area contributed by atoms with Crippen LogP contribution in [0.1, 0.15) is 23.0 Å². The zero-order valence-electron chi connectivity index (χ0n) is 14.9. The van der Waals surface area contributed by atoms with Crippen LogP contribution in [0.3, 0.4) is 0 Å². The van der Waals surface area contributed by atoms with E-state index in [2.05, 4.69) is 4.98 Å². The number of aromatic nitrogens is 1. The number of carbonyl (C=O) groups is 2. The topological polar surface area (TPSA) is 68.7 Å². The van der Waals surface area contributed by atoms with Crippen molar-refractivity contribution in [1.29, 1.82) is 0 Å². The van der Waals surface area contributed by atoms with Crippen molar-refractivity contribution in [3.05, 3.63) is 71.2 Å². The number of anilines is 2. The van der Waals surface area contributed by atoms with Gasteiger partial charge in [0.05, 0.1) is 18.5 Å². The van der Waals surface area contributed by atoms with E-state index in [9.17, 15) is 9.59 Å². The number of benzene rings is 2. The molecular weight excluding hydrogens is 364 g/mol. The number of thiazole rings is 1. The van der Waals surface area contributed by atoms with E-state index < -0.39 is 5.97 Å². The van der Waals surface area contributed by atoms with Crippen molar-refractivity contribution in [2.45, 2.75) is 13.5 Å². The minimum absolute atomic E-state index is 0.00785. The minimum atomic E-state index is -0.492. The van der Waals surface area contributed by atoms with Crippen molar-refractivity contribution < 1.29 is 19.1 Å². The van der Waals surface area contributed by atoms with Crippen LogP contribution in [0.2, 0.25) is 0 Å². The lowest BCUT2D eigenvalue weighted by Crippen LogP contribution is -2.22. The molecule has 0 radical (unpaired) electrons. The molecule has 0 unspecified atom stereocenters. The van der Waals surface area contributed by atoms with Gasteiger partial charge in [-0.15, -0.1) is 11.3 Å². The Hall–Kier alpha value is -3.19. The predicted molar refractivity (Wildman–Crippen MR) is 103 cm³/mol. The molecule has 3 rings (SSSR count). The Labute approximate surface area is 161 Å². The quantitative estimate of drug-likeness (QED) is 0.598. The van der Waals surface area contributed by atoms with Crippen molar-refractivity contribution >= 4 is 34.0 Å². The van der Waals surface area contributed by atoms with Gasteiger partial charge in [-0.05, 0) is 24.3 Å². The lowest BCUT2D eigenvalue weighted by atomic mass is 10.2. The van der Waals surface area contributed by atoms with Gasteiger partial charge in [-0.25, -0.2) is 9.78 Å². The fourth-order valence-corrected chi connectivity index (χ4v) is 3.37. The average Bonchev–Trinajstić information content (AvgIpc) is 3.15. The van der Waals surface area contributed by atoms with Gasteiger partial charge in [-0.2, -0.15) is 0 Å². The van der Waals surface area contributed by atoms with Gasteiger partial charge in [0.25, 0.3) is 0 Å². The van der Waals surface area contributed by atoms with Gasteiger partial charge >= 0.3 is 5.97 Å². The van der Waals surface area contributed by atoms with Crippen LogP contribution in [0.4, 0.5) is 10.8 Å². The number of rotatable bonds is 6. The van der Waals surface area contributed by atoms with Crippen LogP contribution < -0.4 is 9.64 Å². The molecule has 0 atom stereocenters. The van der Waals surface area contributed by atoms with E-state index in [0.717, 1.165) is 5.69 Å². The molecule has 0 aliphatic carbocycles. The van der Waals surface area contributed by atoms with Gasteiger partial charge in [-0.3, -0.25) is 9.69 Å². The molecule has 2 aromatic carbocycles. The van der Waals surface area contributed by atoms with Gasteiger partial charge in [0, 0.05) is 12.3 Å². The molecule has 0 saturated heterocycles. The Morgan fingerprint density at radius 3 is 2.48 bits per heavy atom. The molecule has 1 aromatic heterocycles. The van der Waals surface area contributed by atoms with Crippen LogP contribution >= 0.6 is 11.3 Å². The maximum absolute atomic E-state index is 12.3. The maximum atomic E-state index is 12.3. The number of hydrogen-bond donors (Lipinski definition) is 0. The van der Waals surface area contributed by atoms with Crippen molar-refractivity contribution in [1.82, 2.24) is 4.98 Å². The second kappa shape index (κ2) is 8.46. The summed E-state index contributed by atoms with van der Waals surface area (Å²) in [6.45, 7) is 1.49. The number of para-hydroxylation sites is 2. The number of methoxy groups -OCH3 is 1. The van der Waals surface area contributed by atoms with Crippen LogP contribution in [0.25, 0.3) is 0 Å². The van der Waals surface area contributed by atoms with Crippen LogP contribution in [-0.2, 0) is 16.1 Å². The third-order valence-electron chi connectivity index (χ3n) is 3.74. The van der Waals surface area contributed by atoms with E-state index in [1.165, 1.54) is 30.3 Å². The van der Waals surface area contributed by atoms with E-state index in [-0.39, 0.29) is 12.5 Å². The SMILES string of the molecule is COc1ccccc1C(=O)OCc1csc(N(C(C)=O)c2ccccc2)n1. The standard InChI is InChI=1S/C20H18N2O4S/c1-14(23)22(16-8-4-3-5-9-16)20-21-15(13-27-20)12-26-19(24)17-10-6-7-11-18(17)25-2/h3-11,13H,12H2,1-2H3. The Bertz CT molecular complexity index is 940. The second-order valence-electron chi connectivity index (χ2n) is 5.59. The third kappa shape index (κ3) is 4.32. The zero-order valence-corrected chi connectivity index (χ0v) is 15.7. The van der Waals surface area contributed by atoms with Crippen LogP contribution in [-0.4, -0.2) is 24.0 Å². The van der Waals surface area contributed by atoms with Gasteiger partial charge in [-0.1, -0.05) is 30.3 Å². The highest BCUT2D eigenvalue weighted by Crippen LogP contribution is 2.29. The smallest absolute Gasteiger partial charge is 0.342 e. The van der Waals surface area contributed by atoms with Crippen molar-refractivity contribution in [3.63, 3.8) is 0 Å². The molecule has 1 amide bonds. The third-order valence-corrected chi connectivity index (χ3v) is 4.61. The van der Waals surface area contributed by atoms with Gasteiger partial charge in [0.15, 0.2) is 5.13 Å². The van der Waals surface area contributed by atoms with Crippen molar-refractivity contribution in [2.24, 2.45) is 0 Å². The first kappa shape index (κ1) is 18.6. The monoisotopic (exact) mass is 382 g/mol. The van der Waals surface area contributed by atoms with Crippen molar-refractivity contribution in [2.75, 3.05) is 12.0 Å². The van der Waals surface area contributed by atoms with Crippen LogP contribution in [0.15, 0.2) is 60.0 Å². The molecule has 27 heavy (non-hydrogen) atoms. The normalized spacial score (nSPS) is 10.3. The molecule has 0 saturated carbocycles. The number of carbonyl (C=O) groups excluding carboxylic acids is 2. The van der Waals surface area contributed by atoms with E-state index in [1.54, 1.807) is 29.6 Å². The Morgan fingerprint density at radius 1 is 1.07 bits per heavy atom. The molecule has 3 aromatic rings. The highest BCUT2D eigenvalue weighted by Gasteiger charge is 2.19. The first-order valence-electron chi connectivity index (χ1n) is 8.20. The first-order valence-corrected chi connectivity index (χ1v) is 9.08. The molecule has 0 aliphatic rings. The molecule has 1 heterocycles. The lowest BCUT2D eigenvalue weighted by molar-refractivity contribution is -0.115. The highest BCUT2D eigenvalue weighted by molar-refractivity contribution is 7.14. The number of amides is 1. The number of esters is 1. The summed E-state index contributed by atoms with van der Waals surface area (Å²) in [7, 11) is 1.50. The molecule has 138 valence electrons. The Morgan fingerprint density at radius 2 is 1.78 bits per heavy atom. The van der Waals surface area contributed by atoms with Gasteiger partial charge in [0.2, 0.25) is 5.91 Å². The summed E-state index contributed by atoms with van der Waals surface area (Å²) >= 11 is 1.31. The average molecular weight is 382 g/mol. The number of hydrogen-bond acceptors (Lipinski definition) is 6.